The van der Waals surface area contributed by atoms with Gasteiger partial charge in [0.05, 0.1) is 11.0 Å². The maximum absolute atomic E-state index is 13.4. The van der Waals surface area contributed by atoms with Crippen LogP contribution in [0.25, 0.3) is 11.0 Å². The molecule has 0 saturated heterocycles. The number of carbonyl (C=O) groups excluding carboxylic acids is 2. The van der Waals surface area contributed by atoms with E-state index in [2.05, 4.69) is 9.97 Å². The summed E-state index contributed by atoms with van der Waals surface area (Å²) in [5.74, 6) is -0.956. The van der Waals surface area contributed by atoms with Gasteiger partial charge in [0.25, 0.3) is 0 Å². The van der Waals surface area contributed by atoms with Gasteiger partial charge in [-0.15, -0.1) is 0 Å². The molecule has 1 aromatic carbocycles. The number of ketones is 1. The van der Waals surface area contributed by atoms with E-state index in [1.54, 1.807) is 32.0 Å². The molecule has 136 valence electrons. The van der Waals surface area contributed by atoms with E-state index in [1.807, 2.05) is 0 Å². The lowest BCUT2D eigenvalue weighted by Gasteiger charge is -2.08. The third-order valence-electron chi connectivity index (χ3n) is 4.19. The fraction of sp³-hybridized carbons (Fsp3) is 0.278. The van der Waals surface area contributed by atoms with Gasteiger partial charge >= 0.3 is 12.5 Å². The lowest BCUT2D eigenvalue weighted by Crippen LogP contribution is -2.12. The minimum absolute atomic E-state index is 0.0535. The molecule has 3 aromatic rings. The molecule has 0 radical (unpaired) electrons. The molecule has 1 N–H and O–H groups in total. The number of rotatable bonds is 5. The largest absolute Gasteiger partial charge is 0.453 e. The summed E-state index contributed by atoms with van der Waals surface area (Å²) in [6, 6.07) is 6.46. The Labute approximate surface area is 147 Å². The lowest BCUT2D eigenvalue weighted by molar-refractivity contribution is 0.0381. The standard InChI is InChI=1S/C18H17F2N3O3/c1-9-15(11(3)24)10(2)21-16(9)17(25)26-8-14-22-12-6-4-5-7-13(12)23(14)18(19)20/h4-7,18,21H,8H2,1-3H3. The number of benzene rings is 1. The van der Waals surface area contributed by atoms with E-state index in [4.69, 9.17) is 4.74 Å². The Kier molecular flexibility index (Phi) is 4.58. The Morgan fingerprint density at radius 1 is 1.27 bits per heavy atom. The summed E-state index contributed by atoms with van der Waals surface area (Å²) < 4.78 is 32.7. The van der Waals surface area contributed by atoms with Crippen LogP contribution in [0, 0.1) is 13.8 Å². The maximum Gasteiger partial charge on any atom is 0.355 e. The predicted molar refractivity (Wildman–Crippen MR) is 90.4 cm³/mol. The molecular formula is C18H17F2N3O3. The fourth-order valence-corrected chi connectivity index (χ4v) is 3.10. The summed E-state index contributed by atoms with van der Waals surface area (Å²) >= 11 is 0. The van der Waals surface area contributed by atoms with E-state index in [0.717, 1.165) is 4.57 Å². The van der Waals surface area contributed by atoms with Gasteiger partial charge in [0, 0.05) is 11.3 Å². The zero-order valence-corrected chi connectivity index (χ0v) is 14.5. The number of aromatic amines is 1. The van der Waals surface area contributed by atoms with E-state index in [-0.39, 0.29) is 22.8 Å². The maximum atomic E-state index is 13.4. The van der Waals surface area contributed by atoms with Gasteiger partial charge in [-0.25, -0.2) is 9.78 Å². The van der Waals surface area contributed by atoms with Crippen LogP contribution in [0.4, 0.5) is 8.78 Å². The number of fused-ring (bicyclic) bond motifs is 1. The second-order valence-electron chi connectivity index (χ2n) is 5.92. The molecule has 0 unspecified atom stereocenters. The first-order chi connectivity index (χ1) is 12.3. The molecule has 0 amide bonds. The normalized spacial score (nSPS) is 11.3. The Bertz CT molecular complexity index is 1000. The zero-order valence-electron chi connectivity index (χ0n) is 14.5. The number of nitrogens with one attached hydrogen (secondary N) is 1. The number of hydrogen-bond donors (Lipinski definition) is 1. The van der Waals surface area contributed by atoms with E-state index < -0.39 is 19.1 Å². The molecule has 0 aliphatic carbocycles. The molecule has 0 spiro atoms. The molecular weight excluding hydrogens is 344 g/mol. The molecule has 0 aliphatic heterocycles. The molecule has 8 heteroatoms. The minimum atomic E-state index is -2.81. The molecule has 3 rings (SSSR count). The molecule has 0 bridgehead atoms. The molecule has 26 heavy (non-hydrogen) atoms. The van der Waals surface area contributed by atoms with Gasteiger partial charge in [-0.3, -0.25) is 9.36 Å². The summed E-state index contributed by atoms with van der Waals surface area (Å²) in [7, 11) is 0. The van der Waals surface area contributed by atoms with Crippen molar-refractivity contribution in [1.82, 2.24) is 14.5 Å². The number of nitrogens with zero attached hydrogens (tertiary/aromatic N) is 2. The first-order valence-electron chi connectivity index (χ1n) is 7.92. The van der Waals surface area contributed by atoms with Crippen LogP contribution in [0.2, 0.25) is 0 Å². The number of ether oxygens (including phenoxy) is 1. The monoisotopic (exact) mass is 361 g/mol. The number of halogens is 2. The van der Waals surface area contributed by atoms with Crippen LogP contribution in [0.3, 0.4) is 0 Å². The summed E-state index contributed by atoms with van der Waals surface area (Å²) in [5.41, 5.74) is 2.25. The van der Waals surface area contributed by atoms with Crippen LogP contribution in [0.15, 0.2) is 24.3 Å². The van der Waals surface area contributed by atoms with Gasteiger partial charge < -0.3 is 9.72 Å². The number of Topliss-reactive ketones (excluding diaryl/α,β-unsaturated/α-hetero) is 1. The number of para-hydroxylation sites is 2. The van der Waals surface area contributed by atoms with Crippen LogP contribution >= 0.6 is 0 Å². The van der Waals surface area contributed by atoms with Gasteiger partial charge in [-0.2, -0.15) is 8.78 Å². The van der Waals surface area contributed by atoms with Crippen molar-refractivity contribution in [2.75, 3.05) is 0 Å². The van der Waals surface area contributed by atoms with E-state index in [1.165, 1.54) is 13.0 Å². The first kappa shape index (κ1) is 17.8. The molecule has 0 aliphatic rings. The molecule has 6 nitrogen and oxygen atoms in total. The fourth-order valence-electron chi connectivity index (χ4n) is 3.10. The number of carbonyl (C=O) groups is 2. The summed E-state index contributed by atoms with van der Waals surface area (Å²) in [4.78, 5) is 30.9. The SMILES string of the molecule is CC(=O)c1c(C)[nH]c(C(=O)OCc2nc3ccccc3n2C(F)F)c1C. The predicted octanol–water partition coefficient (Wildman–Crippen LogP) is 3.94. The summed E-state index contributed by atoms with van der Waals surface area (Å²) in [6.45, 7) is 1.49. The number of esters is 1. The molecule has 2 heterocycles. The van der Waals surface area contributed by atoms with Crippen molar-refractivity contribution in [1.29, 1.82) is 0 Å². The van der Waals surface area contributed by atoms with Crippen LogP contribution in [0.1, 0.15) is 51.4 Å². The number of alkyl halides is 2. The Morgan fingerprint density at radius 2 is 1.96 bits per heavy atom. The van der Waals surface area contributed by atoms with Crippen molar-refractivity contribution in [3.05, 3.63) is 52.6 Å². The number of imidazole rings is 1. The lowest BCUT2D eigenvalue weighted by atomic mass is 10.1. The van der Waals surface area contributed by atoms with Crippen molar-refractivity contribution in [3.63, 3.8) is 0 Å². The first-order valence-corrected chi connectivity index (χ1v) is 7.92. The summed E-state index contributed by atoms with van der Waals surface area (Å²) in [5, 5.41) is 0. The van der Waals surface area contributed by atoms with Gasteiger partial charge in [0.15, 0.2) is 11.6 Å². The van der Waals surface area contributed by atoms with Crippen LogP contribution in [0.5, 0.6) is 0 Å². The van der Waals surface area contributed by atoms with Gasteiger partial charge in [0.2, 0.25) is 0 Å². The highest BCUT2D eigenvalue weighted by molar-refractivity contribution is 6.01. The highest BCUT2D eigenvalue weighted by atomic mass is 19.3. The Hall–Kier alpha value is -3.03. The highest BCUT2D eigenvalue weighted by Gasteiger charge is 2.23. The smallest absolute Gasteiger partial charge is 0.355 e. The highest BCUT2D eigenvalue weighted by Crippen LogP contribution is 2.24. The van der Waals surface area contributed by atoms with Crippen molar-refractivity contribution in [2.24, 2.45) is 0 Å². The average Bonchev–Trinajstić information content (AvgIpc) is 3.09. The van der Waals surface area contributed by atoms with Gasteiger partial charge in [0.1, 0.15) is 12.3 Å². The molecule has 0 saturated carbocycles. The number of hydrogen-bond acceptors (Lipinski definition) is 4. The minimum Gasteiger partial charge on any atom is -0.453 e. The van der Waals surface area contributed by atoms with E-state index in [0.29, 0.717) is 22.3 Å². The van der Waals surface area contributed by atoms with Crippen molar-refractivity contribution in [2.45, 2.75) is 33.9 Å². The van der Waals surface area contributed by atoms with Crippen molar-refractivity contribution < 1.29 is 23.1 Å². The third-order valence-corrected chi connectivity index (χ3v) is 4.19. The van der Waals surface area contributed by atoms with Gasteiger partial charge in [-0.1, -0.05) is 12.1 Å². The van der Waals surface area contributed by atoms with Crippen molar-refractivity contribution >= 4 is 22.8 Å². The molecule has 2 aromatic heterocycles. The Morgan fingerprint density at radius 3 is 2.58 bits per heavy atom. The third kappa shape index (κ3) is 2.98. The number of aromatic nitrogens is 3. The second kappa shape index (κ2) is 6.70. The van der Waals surface area contributed by atoms with E-state index in [9.17, 15) is 18.4 Å². The number of aryl methyl sites for hydroxylation is 1. The second-order valence-corrected chi connectivity index (χ2v) is 5.92. The zero-order chi connectivity index (χ0) is 19.0. The molecule has 0 fully saturated rings. The quantitative estimate of drug-likeness (QED) is 0.552. The van der Waals surface area contributed by atoms with Crippen LogP contribution in [-0.2, 0) is 11.3 Å². The Balaban J connectivity index is 1.87. The summed E-state index contributed by atoms with van der Waals surface area (Å²) in [6.07, 6.45) is 0. The van der Waals surface area contributed by atoms with E-state index >= 15 is 0 Å². The van der Waals surface area contributed by atoms with Crippen LogP contribution < -0.4 is 0 Å². The average molecular weight is 361 g/mol. The number of H-pyrrole nitrogens is 1. The van der Waals surface area contributed by atoms with Crippen LogP contribution in [-0.4, -0.2) is 26.3 Å². The van der Waals surface area contributed by atoms with Crippen molar-refractivity contribution in [3.8, 4) is 0 Å². The van der Waals surface area contributed by atoms with Gasteiger partial charge in [-0.05, 0) is 38.5 Å². The molecule has 0 atom stereocenters. The topological polar surface area (TPSA) is 77.0 Å².